The summed E-state index contributed by atoms with van der Waals surface area (Å²) in [7, 11) is 0. The Bertz CT molecular complexity index is 1010. The molecule has 0 atom stereocenters. The molecule has 4 aromatic heterocycles. The molecule has 4 heterocycles. The van der Waals surface area contributed by atoms with Crippen molar-refractivity contribution in [3.05, 3.63) is 64.8 Å². The maximum absolute atomic E-state index is 12.4. The number of aromatic nitrogens is 2. The van der Waals surface area contributed by atoms with E-state index in [0.29, 0.717) is 22.3 Å². The Morgan fingerprint density at radius 2 is 1.85 bits per heavy atom. The first-order chi connectivity index (χ1) is 12.6. The quantitative estimate of drug-likeness (QED) is 0.445. The summed E-state index contributed by atoms with van der Waals surface area (Å²) in [6.45, 7) is 0. The van der Waals surface area contributed by atoms with Crippen LogP contribution in [0.4, 0.5) is 5.13 Å². The number of anilines is 1. The molecule has 0 aliphatic rings. The molecule has 0 aliphatic carbocycles. The fraction of sp³-hybridized carbons (Fsp3) is 0. The number of halogens is 2. The van der Waals surface area contributed by atoms with Gasteiger partial charge < -0.3 is 8.83 Å². The summed E-state index contributed by atoms with van der Waals surface area (Å²) < 4.78 is 10.9. The molecular weight excluding hydrogens is 397 g/mol. The van der Waals surface area contributed by atoms with Crippen LogP contribution in [0.1, 0.15) is 10.4 Å². The number of carbonyl (C=O) groups is 1. The van der Waals surface area contributed by atoms with Gasteiger partial charge in [0.1, 0.15) is 21.5 Å². The van der Waals surface area contributed by atoms with Crippen LogP contribution in [0.15, 0.2) is 57.9 Å². The third-order valence-corrected chi connectivity index (χ3v) is 5.08. The molecule has 0 aliphatic heterocycles. The third kappa shape index (κ3) is 3.24. The van der Waals surface area contributed by atoms with Crippen molar-refractivity contribution in [3.8, 4) is 22.1 Å². The summed E-state index contributed by atoms with van der Waals surface area (Å²) in [6.07, 6.45) is 4.47. The van der Waals surface area contributed by atoms with E-state index in [1.807, 2.05) is 6.07 Å². The van der Waals surface area contributed by atoms with Crippen LogP contribution in [0.25, 0.3) is 22.1 Å². The van der Waals surface area contributed by atoms with Crippen LogP contribution in [-0.4, -0.2) is 15.9 Å². The van der Waals surface area contributed by atoms with E-state index in [0.717, 1.165) is 4.88 Å². The molecule has 0 saturated heterocycles. The van der Waals surface area contributed by atoms with Crippen LogP contribution < -0.4 is 5.32 Å². The minimum Gasteiger partial charge on any atom is -0.463 e. The minimum atomic E-state index is -0.401. The van der Waals surface area contributed by atoms with E-state index in [-0.39, 0.29) is 15.7 Å². The average Bonchev–Trinajstić information content (AvgIpc) is 3.37. The monoisotopic (exact) mass is 405 g/mol. The lowest BCUT2D eigenvalue weighted by atomic mass is 10.2. The lowest BCUT2D eigenvalue weighted by Crippen LogP contribution is -2.12. The molecule has 130 valence electrons. The zero-order chi connectivity index (χ0) is 18.1. The van der Waals surface area contributed by atoms with Crippen LogP contribution in [0.3, 0.4) is 0 Å². The second-order valence-electron chi connectivity index (χ2n) is 5.10. The van der Waals surface area contributed by atoms with E-state index >= 15 is 0 Å². The van der Waals surface area contributed by atoms with E-state index in [1.165, 1.54) is 23.6 Å². The van der Waals surface area contributed by atoms with Gasteiger partial charge in [0.25, 0.3) is 5.91 Å². The summed E-state index contributed by atoms with van der Waals surface area (Å²) in [4.78, 5) is 21.5. The van der Waals surface area contributed by atoms with E-state index in [1.54, 1.807) is 30.7 Å². The zero-order valence-corrected chi connectivity index (χ0v) is 15.2. The number of hydrogen-bond acceptors (Lipinski definition) is 6. The Labute approximate surface area is 161 Å². The van der Waals surface area contributed by atoms with Crippen molar-refractivity contribution < 1.29 is 13.6 Å². The van der Waals surface area contributed by atoms with Crippen molar-refractivity contribution in [2.45, 2.75) is 0 Å². The lowest BCUT2D eigenvalue weighted by molar-refractivity contribution is 0.102. The summed E-state index contributed by atoms with van der Waals surface area (Å²) >= 11 is 13.0. The second kappa shape index (κ2) is 6.95. The highest BCUT2D eigenvalue weighted by atomic mass is 35.5. The Hall–Kier alpha value is -2.61. The van der Waals surface area contributed by atoms with Crippen molar-refractivity contribution in [2.75, 3.05) is 5.32 Å². The van der Waals surface area contributed by atoms with Crippen molar-refractivity contribution in [1.82, 2.24) is 9.97 Å². The molecule has 4 aromatic rings. The van der Waals surface area contributed by atoms with Crippen molar-refractivity contribution in [2.24, 2.45) is 0 Å². The van der Waals surface area contributed by atoms with Gasteiger partial charge in [-0.15, -0.1) is 0 Å². The van der Waals surface area contributed by atoms with Crippen molar-refractivity contribution in [1.29, 1.82) is 0 Å². The third-order valence-electron chi connectivity index (χ3n) is 3.41. The molecule has 9 heteroatoms. The number of thiazole rings is 1. The number of rotatable bonds is 4. The van der Waals surface area contributed by atoms with Gasteiger partial charge in [-0.1, -0.05) is 34.5 Å². The predicted octanol–water partition coefficient (Wildman–Crippen LogP) is 5.62. The molecule has 0 fully saturated rings. The maximum Gasteiger partial charge on any atom is 0.259 e. The zero-order valence-electron chi connectivity index (χ0n) is 12.9. The Kier molecular flexibility index (Phi) is 4.50. The summed E-state index contributed by atoms with van der Waals surface area (Å²) in [5, 5.41) is 3.46. The highest BCUT2D eigenvalue weighted by Crippen LogP contribution is 2.39. The standard InChI is InChI=1S/C17H9Cl2N3O3S/c18-10-7-9(8-20-15(10)19)16(23)22-17-21-13(11-3-1-5-24-11)14(26-17)12-4-2-6-25-12/h1-8H,(H,21,22,23). The summed E-state index contributed by atoms with van der Waals surface area (Å²) in [5.41, 5.74) is 0.853. The van der Waals surface area contributed by atoms with Crippen LogP contribution >= 0.6 is 34.5 Å². The molecule has 6 nitrogen and oxygen atoms in total. The van der Waals surface area contributed by atoms with Crippen molar-refractivity contribution in [3.63, 3.8) is 0 Å². The first kappa shape index (κ1) is 16.8. The highest BCUT2D eigenvalue weighted by Gasteiger charge is 2.20. The molecule has 0 saturated carbocycles. The van der Waals surface area contributed by atoms with E-state index < -0.39 is 5.91 Å². The predicted molar refractivity (Wildman–Crippen MR) is 99.7 cm³/mol. The van der Waals surface area contributed by atoms with Crippen molar-refractivity contribution >= 4 is 45.6 Å². The maximum atomic E-state index is 12.4. The van der Waals surface area contributed by atoms with E-state index in [2.05, 4.69) is 15.3 Å². The van der Waals surface area contributed by atoms with Gasteiger partial charge in [0.05, 0.1) is 23.1 Å². The first-order valence-electron chi connectivity index (χ1n) is 7.33. The molecule has 0 unspecified atom stereocenters. The minimum absolute atomic E-state index is 0.137. The fourth-order valence-corrected chi connectivity index (χ4v) is 3.45. The Balaban J connectivity index is 1.68. The molecule has 1 N–H and O–H groups in total. The lowest BCUT2D eigenvalue weighted by Gasteiger charge is -2.02. The van der Waals surface area contributed by atoms with Gasteiger partial charge >= 0.3 is 0 Å². The van der Waals surface area contributed by atoms with Gasteiger partial charge in [0.2, 0.25) is 0 Å². The molecule has 1 amide bonds. The summed E-state index contributed by atoms with van der Waals surface area (Å²) in [5.74, 6) is 0.803. The van der Waals surface area contributed by atoms with Crippen LogP contribution in [0.5, 0.6) is 0 Å². The molecular formula is C17H9Cl2N3O3S. The number of pyridine rings is 1. The van der Waals surface area contributed by atoms with Gasteiger partial charge in [0, 0.05) is 6.20 Å². The molecule has 0 aromatic carbocycles. The second-order valence-corrected chi connectivity index (χ2v) is 6.87. The van der Waals surface area contributed by atoms with Crippen LogP contribution in [-0.2, 0) is 0 Å². The van der Waals surface area contributed by atoms with E-state index in [4.69, 9.17) is 32.0 Å². The molecule has 4 rings (SSSR count). The van der Waals surface area contributed by atoms with Crippen LogP contribution in [0.2, 0.25) is 10.2 Å². The van der Waals surface area contributed by atoms with Gasteiger partial charge in [0.15, 0.2) is 10.9 Å². The fourth-order valence-electron chi connectivity index (χ4n) is 2.24. The average molecular weight is 406 g/mol. The SMILES string of the molecule is O=C(Nc1nc(-c2ccco2)c(-c2ccco2)s1)c1cnc(Cl)c(Cl)c1. The largest absolute Gasteiger partial charge is 0.463 e. The molecule has 0 radical (unpaired) electrons. The number of carbonyl (C=O) groups excluding carboxylic acids is 1. The molecule has 0 bridgehead atoms. The van der Waals surface area contributed by atoms with Crippen LogP contribution in [0, 0.1) is 0 Å². The Morgan fingerprint density at radius 1 is 1.12 bits per heavy atom. The first-order valence-corrected chi connectivity index (χ1v) is 8.90. The Morgan fingerprint density at radius 3 is 2.50 bits per heavy atom. The van der Waals surface area contributed by atoms with Gasteiger partial charge in [-0.05, 0) is 30.3 Å². The number of amides is 1. The smallest absolute Gasteiger partial charge is 0.259 e. The molecule has 0 spiro atoms. The van der Waals surface area contributed by atoms with E-state index in [9.17, 15) is 4.79 Å². The normalized spacial score (nSPS) is 10.8. The van der Waals surface area contributed by atoms with Gasteiger partial charge in [-0.2, -0.15) is 0 Å². The molecule has 26 heavy (non-hydrogen) atoms. The van der Waals surface area contributed by atoms with Gasteiger partial charge in [-0.3, -0.25) is 10.1 Å². The number of nitrogens with one attached hydrogen (secondary N) is 1. The number of hydrogen-bond donors (Lipinski definition) is 1. The summed E-state index contributed by atoms with van der Waals surface area (Å²) in [6, 6.07) is 8.59. The number of furan rings is 2. The number of nitrogens with zero attached hydrogens (tertiary/aromatic N) is 2. The topological polar surface area (TPSA) is 81.2 Å². The van der Waals surface area contributed by atoms with Gasteiger partial charge in [-0.25, -0.2) is 9.97 Å². The highest BCUT2D eigenvalue weighted by molar-refractivity contribution is 7.19.